The van der Waals surface area contributed by atoms with Gasteiger partial charge in [-0.1, -0.05) is 26.2 Å². The van der Waals surface area contributed by atoms with E-state index < -0.39 is 5.97 Å². The minimum absolute atomic E-state index is 0.0761. The van der Waals surface area contributed by atoms with Crippen LogP contribution in [0.4, 0.5) is 0 Å². The van der Waals surface area contributed by atoms with Crippen molar-refractivity contribution in [3.63, 3.8) is 0 Å². The number of thiophene rings is 1. The Labute approximate surface area is 173 Å². The second-order valence-electron chi connectivity index (χ2n) is 8.12. The maximum atomic E-state index is 13.5. The molecule has 2 aliphatic rings. The van der Waals surface area contributed by atoms with Gasteiger partial charge in [-0.15, -0.1) is 11.3 Å². The third-order valence-electron chi connectivity index (χ3n) is 6.23. The minimum atomic E-state index is -0.471. The number of esters is 1. The van der Waals surface area contributed by atoms with E-state index in [-0.39, 0.29) is 23.8 Å². The summed E-state index contributed by atoms with van der Waals surface area (Å²) in [5.41, 5.74) is 0.536. The molecule has 0 N–H and O–H groups in total. The van der Waals surface area contributed by atoms with Crippen LogP contribution in [0.25, 0.3) is 10.2 Å². The van der Waals surface area contributed by atoms with Crippen molar-refractivity contribution < 1.29 is 9.53 Å². The van der Waals surface area contributed by atoms with Crippen LogP contribution in [-0.2, 0) is 29.0 Å². The van der Waals surface area contributed by atoms with Gasteiger partial charge in [0.1, 0.15) is 11.4 Å². The van der Waals surface area contributed by atoms with E-state index in [1.54, 1.807) is 0 Å². The molecule has 1 aliphatic heterocycles. The number of hydrogen-bond acceptors (Lipinski definition) is 6. The highest BCUT2D eigenvalue weighted by atomic mass is 32.1. The highest BCUT2D eigenvalue weighted by molar-refractivity contribution is 7.18. The summed E-state index contributed by atoms with van der Waals surface area (Å²) in [6, 6.07) is -0.0761. The van der Waals surface area contributed by atoms with E-state index in [1.807, 2.05) is 0 Å². The summed E-state index contributed by atoms with van der Waals surface area (Å²) in [4.78, 5) is 43.1. The Bertz CT molecular complexity index is 1030. The van der Waals surface area contributed by atoms with Gasteiger partial charge >= 0.3 is 11.7 Å². The van der Waals surface area contributed by atoms with Gasteiger partial charge in [0.15, 0.2) is 0 Å². The molecule has 0 unspecified atom stereocenters. The molecule has 1 saturated carbocycles. The van der Waals surface area contributed by atoms with Gasteiger partial charge in [0.2, 0.25) is 0 Å². The van der Waals surface area contributed by atoms with Gasteiger partial charge < -0.3 is 4.74 Å². The molecule has 0 spiro atoms. The molecule has 0 bridgehead atoms. The van der Waals surface area contributed by atoms with Crippen LogP contribution in [0.15, 0.2) is 9.59 Å². The molecule has 0 aromatic carbocycles. The normalized spacial score (nSPS) is 18.1. The molecule has 7 nitrogen and oxygen atoms in total. The lowest BCUT2D eigenvalue weighted by Crippen LogP contribution is -2.43. The first-order valence-electron chi connectivity index (χ1n) is 10.6. The summed E-state index contributed by atoms with van der Waals surface area (Å²) < 4.78 is 7.75. The Kier molecular flexibility index (Phi) is 5.92. The van der Waals surface area contributed by atoms with Crippen molar-refractivity contribution in [1.82, 2.24) is 14.0 Å². The molecule has 2 aromatic rings. The first-order valence-corrected chi connectivity index (χ1v) is 11.5. The van der Waals surface area contributed by atoms with Crippen LogP contribution in [0.1, 0.15) is 61.9 Å². The highest BCUT2D eigenvalue weighted by Gasteiger charge is 2.29. The predicted molar refractivity (Wildman–Crippen MR) is 114 cm³/mol. The Morgan fingerprint density at radius 3 is 2.66 bits per heavy atom. The lowest BCUT2D eigenvalue weighted by atomic mass is 9.95. The smallest absolute Gasteiger partial charge is 0.332 e. The topological polar surface area (TPSA) is 73.5 Å². The summed E-state index contributed by atoms with van der Waals surface area (Å²) in [7, 11) is 1.32. The van der Waals surface area contributed by atoms with Crippen LogP contribution in [-0.4, -0.2) is 40.2 Å². The molecule has 2 aromatic heterocycles. The van der Waals surface area contributed by atoms with E-state index in [1.165, 1.54) is 27.6 Å². The lowest BCUT2D eigenvalue weighted by molar-refractivity contribution is -0.141. The number of rotatable bonds is 5. The molecule has 3 heterocycles. The molecule has 158 valence electrons. The number of fused-ring (bicyclic) bond motifs is 3. The van der Waals surface area contributed by atoms with Crippen LogP contribution < -0.4 is 11.2 Å². The third kappa shape index (κ3) is 3.68. The zero-order chi connectivity index (χ0) is 20.5. The fourth-order valence-electron chi connectivity index (χ4n) is 4.78. The van der Waals surface area contributed by atoms with Crippen LogP contribution in [0, 0.1) is 0 Å². The first kappa shape index (κ1) is 20.3. The zero-order valence-corrected chi connectivity index (χ0v) is 18.1. The van der Waals surface area contributed by atoms with E-state index in [2.05, 4.69) is 11.8 Å². The number of methoxy groups -OCH3 is 1. The third-order valence-corrected chi connectivity index (χ3v) is 7.47. The van der Waals surface area contributed by atoms with Gasteiger partial charge in [-0.2, -0.15) is 0 Å². The minimum Gasteiger partial charge on any atom is -0.468 e. The van der Waals surface area contributed by atoms with Crippen LogP contribution >= 0.6 is 11.3 Å². The average molecular weight is 420 g/mol. The van der Waals surface area contributed by atoms with E-state index in [0.717, 1.165) is 75.0 Å². The standard InChI is InChI=1S/C21H29N3O4S/c1-3-10-22-11-9-15-16(12-22)29-20-18(15)19(26)24(14-7-5-4-6-8-14)21(27)23(20)13-17(25)28-2/h14H,3-13H2,1-2H3. The summed E-state index contributed by atoms with van der Waals surface area (Å²) in [5.74, 6) is -0.471. The molecule has 0 atom stereocenters. The average Bonchev–Trinajstić information content (AvgIpc) is 3.11. The summed E-state index contributed by atoms with van der Waals surface area (Å²) in [6.45, 7) is 4.76. The Hall–Kier alpha value is -1.93. The SMILES string of the molecule is CCCN1CCc2c(sc3c2c(=O)n(C2CCCCC2)c(=O)n3CC(=O)OC)C1. The predicted octanol–water partition coefficient (Wildman–Crippen LogP) is 2.67. The van der Waals surface area contributed by atoms with Gasteiger partial charge in [0.25, 0.3) is 5.56 Å². The van der Waals surface area contributed by atoms with Crippen molar-refractivity contribution in [2.45, 2.75) is 71.0 Å². The van der Waals surface area contributed by atoms with Crippen LogP contribution in [0.3, 0.4) is 0 Å². The molecule has 1 fully saturated rings. The second kappa shape index (κ2) is 8.44. The van der Waals surface area contributed by atoms with Gasteiger partial charge in [-0.3, -0.25) is 23.6 Å². The maximum Gasteiger partial charge on any atom is 0.332 e. The molecule has 29 heavy (non-hydrogen) atoms. The van der Waals surface area contributed by atoms with Gasteiger partial charge in [-0.25, -0.2) is 4.79 Å². The molecule has 0 saturated heterocycles. The van der Waals surface area contributed by atoms with Crippen molar-refractivity contribution >= 4 is 27.5 Å². The molecule has 0 radical (unpaired) electrons. The molecule has 4 rings (SSSR count). The number of carbonyl (C=O) groups is 1. The maximum absolute atomic E-state index is 13.5. The lowest BCUT2D eigenvalue weighted by Gasteiger charge is -2.26. The largest absolute Gasteiger partial charge is 0.468 e. The molecular formula is C21H29N3O4S. The van der Waals surface area contributed by atoms with Gasteiger partial charge in [0.05, 0.1) is 12.5 Å². The number of carbonyl (C=O) groups excluding carboxylic acids is 1. The van der Waals surface area contributed by atoms with E-state index in [4.69, 9.17) is 4.74 Å². The van der Waals surface area contributed by atoms with E-state index >= 15 is 0 Å². The zero-order valence-electron chi connectivity index (χ0n) is 17.2. The molecule has 8 heteroatoms. The van der Waals surface area contributed by atoms with Crippen LogP contribution in [0.2, 0.25) is 0 Å². The fraction of sp³-hybridized carbons (Fsp3) is 0.667. The summed E-state index contributed by atoms with van der Waals surface area (Å²) in [6.07, 6.45) is 6.78. The highest BCUT2D eigenvalue weighted by Crippen LogP contribution is 2.34. The Morgan fingerprint density at radius 1 is 1.21 bits per heavy atom. The van der Waals surface area contributed by atoms with E-state index in [9.17, 15) is 14.4 Å². The number of aromatic nitrogens is 2. The summed E-state index contributed by atoms with van der Waals surface area (Å²) in [5, 5.41) is 0.648. The summed E-state index contributed by atoms with van der Waals surface area (Å²) >= 11 is 1.49. The van der Waals surface area contributed by atoms with Gasteiger partial charge in [-0.05, 0) is 37.8 Å². The quantitative estimate of drug-likeness (QED) is 0.697. The van der Waals surface area contributed by atoms with Crippen molar-refractivity contribution in [1.29, 1.82) is 0 Å². The van der Waals surface area contributed by atoms with Crippen molar-refractivity contribution in [3.8, 4) is 0 Å². The molecular weight excluding hydrogens is 390 g/mol. The number of ether oxygens (including phenoxy) is 1. The second-order valence-corrected chi connectivity index (χ2v) is 9.21. The number of hydrogen-bond donors (Lipinski definition) is 0. The Morgan fingerprint density at radius 2 is 1.97 bits per heavy atom. The monoisotopic (exact) mass is 419 g/mol. The van der Waals surface area contributed by atoms with Crippen molar-refractivity contribution in [3.05, 3.63) is 31.3 Å². The number of nitrogens with zero attached hydrogens (tertiary/aromatic N) is 3. The molecule has 0 amide bonds. The Balaban J connectivity index is 1.92. The van der Waals surface area contributed by atoms with Crippen LogP contribution in [0.5, 0.6) is 0 Å². The molecule has 1 aliphatic carbocycles. The van der Waals surface area contributed by atoms with Gasteiger partial charge in [0, 0.05) is 24.0 Å². The van der Waals surface area contributed by atoms with Crippen molar-refractivity contribution in [2.75, 3.05) is 20.2 Å². The van der Waals surface area contributed by atoms with E-state index in [0.29, 0.717) is 10.2 Å². The van der Waals surface area contributed by atoms with Crippen molar-refractivity contribution in [2.24, 2.45) is 0 Å². The fourth-order valence-corrected chi connectivity index (χ4v) is 6.15. The first-order chi connectivity index (χ1) is 14.0.